The monoisotopic (exact) mass is 205 g/mol. The SMILES string of the molecule is NCCCc1ccc(OC2CCC2)cc1. The molecule has 1 fully saturated rings. The first-order valence-electron chi connectivity index (χ1n) is 5.84. The third-order valence-corrected chi connectivity index (χ3v) is 2.95. The molecule has 0 atom stereocenters. The molecule has 1 aliphatic rings. The van der Waals surface area contributed by atoms with Gasteiger partial charge in [0.1, 0.15) is 5.75 Å². The highest BCUT2D eigenvalue weighted by molar-refractivity contribution is 5.27. The number of nitrogens with two attached hydrogens (primary N) is 1. The second-order valence-corrected chi connectivity index (χ2v) is 4.21. The lowest BCUT2D eigenvalue weighted by Gasteiger charge is -2.26. The maximum absolute atomic E-state index is 5.79. The quantitative estimate of drug-likeness (QED) is 0.801. The molecule has 1 aromatic rings. The van der Waals surface area contributed by atoms with Crippen LogP contribution in [0.2, 0.25) is 0 Å². The summed E-state index contributed by atoms with van der Waals surface area (Å²) < 4.78 is 5.79. The van der Waals surface area contributed by atoms with Gasteiger partial charge in [-0.25, -0.2) is 0 Å². The predicted octanol–water partition coefficient (Wildman–Crippen LogP) is 2.51. The summed E-state index contributed by atoms with van der Waals surface area (Å²) in [7, 11) is 0. The van der Waals surface area contributed by atoms with E-state index < -0.39 is 0 Å². The van der Waals surface area contributed by atoms with Crippen molar-refractivity contribution >= 4 is 0 Å². The van der Waals surface area contributed by atoms with Crippen LogP contribution in [0, 0.1) is 0 Å². The van der Waals surface area contributed by atoms with Crippen LogP contribution in [0.25, 0.3) is 0 Å². The Morgan fingerprint density at radius 3 is 2.47 bits per heavy atom. The van der Waals surface area contributed by atoms with Gasteiger partial charge in [0.05, 0.1) is 6.10 Å². The number of benzene rings is 1. The van der Waals surface area contributed by atoms with Gasteiger partial charge in [-0.1, -0.05) is 12.1 Å². The van der Waals surface area contributed by atoms with Crippen molar-refractivity contribution in [2.75, 3.05) is 6.54 Å². The van der Waals surface area contributed by atoms with E-state index in [4.69, 9.17) is 10.5 Å². The molecule has 0 unspecified atom stereocenters. The molecule has 2 N–H and O–H groups in total. The fraction of sp³-hybridized carbons (Fsp3) is 0.538. The zero-order valence-corrected chi connectivity index (χ0v) is 9.11. The van der Waals surface area contributed by atoms with Crippen LogP contribution in [-0.2, 0) is 6.42 Å². The smallest absolute Gasteiger partial charge is 0.119 e. The number of rotatable bonds is 5. The minimum absolute atomic E-state index is 0.472. The largest absolute Gasteiger partial charge is 0.490 e. The van der Waals surface area contributed by atoms with Crippen molar-refractivity contribution in [3.63, 3.8) is 0 Å². The van der Waals surface area contributed by atoms with E-state index in [0.29, 0.717) is 6.10 Å². The Kier molecular flexibility index (Phi) is 3.62. The molecule has 1 aliphatic carbocycles. The topological polar surface area (TPSA) is 35.2 Å². The van der Waals surface area contributed by atoms with Crippen LogP contribution in [0.3, 0.4) is 0 Å². The van der Waals surface area contributed by atoms with E-state index in [1.54, 1.807) is 0 Å². The average molecular weight is 205 g/mol. The van der Waals surface area contributed by atoms with Crippen LogP contribution in [0.15, 0.2) is 24.3 Å². The fourth-order valence-corrected chi connectivity index (χ4v) is 1.72. The molecule has 2 nitrogen and oxygen atoms in total. The second kappa shape index (κ2) is 5.17. The van der Waals surface area contributed by atoms with Gasteiger partial charge < -0.3 is 10.5 Å². The zero-order chi connectivity index (χ0) is 10.5. The summed E-state index contributed by atoms with van der Waals surface area (Å²) in [4.78, 5) is 0. The van der Waals surface area contributed by atoms with Crippen molar-refractivity contribution in [1.82, 2.24) is 0 Å². The van der Waals surface area contributed by atoms with Gasteiger partial charge in [-0.05, 0) is 56.3 Å². The summed E-state index contributed by atoms with van der Waals surface area (Å²) in [6.07, 6.45) is 6.35. The number of hydrogen-bond acceptors (Lipinski definition) is 2. The lowest BCUT2D eigenvalue weighted by molar-refractivity contribution is 0.120. The Labute approximate surface area is 91.4 Å². The van der Waals surface area contributed by atoms with Crippen molar-refractivity contribution in [2.24, 2.45) is 5.73 Å². The van der Waals surface area contributed by atoms with Crippen molar-refractivity contribution in [3.05, 3.63) is 29.8 Å². The maximum Gasteiger partial charge on any atom is 0.119 e. The molecule has 82 valence electrons. The molecule has 0 radical (unpaired) electrons. The average Bonchev–Trinajstić information content (AvgIpc) is 2.22. The summed E-state index contributed by atoms with van der Waals surface area (Å²) in [5, 5.41) is 0. The van der Waals surface area contributed by atoms with Crippen LogP contribution in [0.5, 0.6) is 5.75 Å². The third-order valence-electron chi connectivity index (χ3n) is 2.95. The summed E-state index contributed by atoms with van der Waals surface area (Å²) in [5.74, 6) is 1.01. The van der Waals surface area contributed by atoms with Crippen LogP contribution in [0.4, 0.5) is 0 Å². The van der Waals surface area contributed by atoms with Crippen molar-refractivity contribution in [1.29, 1.82) is 0 Å². The number of hydrogen-bond donors (Lipinski definition) is 1. The molecular weight excluding hydrogens is 186 g/mol. The second-order valence-electron chi connectivity index (χ2n) is 4.21. The highest BCUT2D eigenvalue weighted by atomic mass is 16.5. The van der Waals surface area contributed by atoms with E-state index >= 15 is 0 Å². The molecule has 0 aliphatic heterocycles. The molecule has 0 spiro atoms. The minimum atomic E-state index is 0.472. The maximum atomic E-state index is 5.79. The predicted molar refractivity (Wildman–Crippen MR) is 62.1 cm³/mol. The fourth-order valence-electron chi connectivity index (χ4n) is 1.72. The van der Waals surface area contributed by atoms with E-state index in [1.165, 1.54) is 24.8 Å². The first kappa shape index (κ1) is 10.5. The Hall–Kier alpha value is -1.02. The van der Waals surface area contributed by atoms with Gasteiger partial charge in [0, 0.05) is 0 Å². The van der Waals surface area contributed by atoms with E-state index in [-0.39, 0.29) is 0 Å². The first-order chi connectivity index (χ1) is 7.38. The molecule has 0 amide bonds. The lowest BCUT2D eigenvalue weighted by atomic mass is 9.96. The molecule has 0 heterocycles. The van der Waals surface area contributed by atoms with Gasteiger partial charge in [-0.15, -0.1) is 0 Å². The highest BCUT2D eigenvalue weighted by Crippen LogP contribution is 2.25. The molecular formula is C13H19NO. The van der Waals surface area contributed by atoms with Gasteiger partial charge in [-0.2, -0.15) is 0 Å². The zero-order valence-electron chi connectivity index (χ0n) is 9.11. The number of aryl methyl sites for hydroxylation is 1. The van der Waals surface area contributed by atoms with Crippen LogP contribution in [-0.4, -0.2) is 12.6 Å². The standard InChI is InChI=1S/C13H19NO/c14-10-2-3-11-6-8-13(9-7-11)15-12-4-1-5-12/h6-9,12H,1-5,10,14H2. The molecule has 15 heavy (non-hydrogen) atoms. The Balaban J connectivity index is 1.85. The summed E-state index contributed by atoms with van der Waals surface area (Å²) >= 11 is 0. The minimum Gasteiger partial charge on any atom is -0.490 e. The third kappa shape index (κ3) is 2.96. The van der Waals surface area contributed by atoms with E-state index in [0.717, 1.165) is 25.1 Å². The van der Waals surface area contributed by atoms with Gasteiger partial charge in [0.25, 0.3) is 0 Å². The van der Waals surface area contributed by atoms with Gasteiger partial charge >= 0.3 is 0 Å². The van der Waals surface area contributed by atoms with Crippen LogP contribution >= 0.6 is 0 Å². The molecule has 0 bridgehead atoms. The lowest BCUT2D eigenvalue weighted by Crippen LogP contribution is -2.24. The highest BCUT2D eigenvalue weighted by Gasteiger charge is 2.18. The Bertz CT molecular complexity index is 290. The van der Waals surface area contributed by atoms with Crippen LogP contribution in [0.1, 0.15) is 31.2 Å². The molecule has 0 saturated heterocycles. The Morgan fingerprint density at radius 1 is 1.20 bits per heavy atom. The summed E-state index contributed by atoms with van der Waals surface area (Å²) in [5.41, 5.74) is 6.82. The summed E-state index contributed by atoms with van der Waals surface area (Å²) in [6, 6.07) is 8.43. The first-order valence-corrected chi connectivity index (χ1v) is 5.84. The Morgan fingerprint density at radius 2 is 1.93 bits per heavy atom. The summed E-state index contributed by atoms with van der Waals surface area (Å²) in [6.45, 7) is 0.764. The molecule has 1 aromatic carbocycles. The van der Waals surface area contributed by atoms with E-state index in [2.05, 4.69) is 24.3 Å². The van der Waals surface area contributed by atoms with Crippen molar-refractivity contribution in [2.45, 2.75) is 38.2 Å². The molecule has 1 saturated carbocycles. The van der Waals surface area contributed by atoms with E-state index in [1.807, 2.05) is 0 Å². The van der Waals surface area contributed by atoms with Gasteiger partial charge in [0.15, 0.2) is 0 Å². The normalized spacial score (nSPS) is 16.1. The van der Waals surface area contributed by atoms with Gasteiger partial charge in [-0.3, -0.25) is 0 Å². The van der Waals surface area contributed by atoms with Crippen molar-refractivity contribution in [3.8, 4) is 5.75 Å². The van der Waals surface area contributed by atoms with Gasteiger partial charge in [0.2, 0.25) is 0 Å². The molecule has 0 aromatic heterocycles. The molecule has 2 rings (SSSR count). The molecule has 2 heteroatoms. The van der Waals surface area contributed by atoms with Crippen molar-refractivity contribution < 1.29 is 4.74 Å². The van der Waals surface area contributed by atoms with Crippen LogP contribution < -0.4 is 10.5 Å². The number of ether oxygens (including phenoxy) is 1. The van der Waals surface area contributed by atoms with E-state index in [9.17, 15) is 0 Å².